The third kappa shape index (κ3) is 3.14. The molecule has 0 bridgehead atoms. The van der Waals surface area contributed by atoms with Gasteiger partial charge in [0, 0.05) is 13.1 Å². The van der Waals surface area contributed by atoms with Gasteiger partial charge in [-0.25, -0.2) is 0 Å². The lowest BCUT2D eigenvalue weighted by atomic mass is 10.1. The van der Waals surface area contributed by atoms with E-state index in [1.807, 2.05) is 37.3 Å². The molecule has 1 atom stereocenters. The Morgan fingerprint density at radius 2 is 2.07 bits per heavy atom. The molecular weight excluding hydrogens is 186 g/mol. The largest absolute Gasteiger partial charge is 0.332 e. The Bertz CT molecular complexity index is 364. The first-order chi connectivity index (χ1) is 7.15. The molecule has 0 N–H and O–H groups in total. The lowest BCUT2D eigenvalue weighted by Gasteiger charge is -2.22. The summed E-state index contributed by atoms with van der Waals surface area (Å²) in [5.74, 6) is 1.85. The van der Waals surface area contributed by atoms with Crippen molar-refractivity contribution in [1.29, 1.82) is 0 Å². The lowest BCUT2D eigenvalue weighted by Crippen LogP contribution is -2.35. The van der Waals surface area contributed by atoms with Crippen LogP contribution < -0.4 is 0 Å². The van der Waals surface area contributed by atoms with Gasteiger partial charge in [0.2, 0.25) is 0 Å². The average molecular weight is 201 g/mol. The second-order valence-corrected chi connectivity index (χ2v) is 3.60. The van der Waals surface area contributed by atoms with Gasteiger partial charge in [-0.3, -0.25) is 4.79 Å². The zero-order chi connectivity index (χ0) is 11.3. The lowest BCUT2D eigenvalue weighted by molar-refractivity contribution is -0.125. The number of rotatable bonds is 3. The van der Waals surface area contributed by atoms with Gasteiger partial charge < -0.3 is 4.90 Å². The third-order valence-electron chi connectivity index (χ3n) is 2.48. The zero-order valence-electron chi connectivity index (χ0n) is 9.10. The highest BCUT2D eigenvalue weighted by molar-refractivity contribution is 5.92. The molecule has 15 heavy (non-hydrogen) atoms. The first-order valence-corrected chi connectivity index (χ1v) is 4.92. The number of benzene rings is 1. The van der Waals surface area contributed by atoms with Crippen molar-refractivity contribution in [3.05, 3.63) is 35.9 Å². The van der Waals surface area contributed by atoms with Crippen molar-refractivity contribution in [2.75, 3.05) is 7.05 Å². The molecule has 1 unspecified atom stereocenters. The summed E-state index contributed by atoms with van der Waals surface area (Å²) in [6.45, 7) is 1.99. The highest BCUT2D eigenvalue weighted by Gasteiger charge is 2.13. The van der Waals surface area contributed by atoms with Crippen LogP contribution in [0.5, 0.6) is 0 Å². The van der Waals surface area contributed by atoms with Gasteiger partial charge in [0.05, 0.1) is 0 Å². The smallest absolute Gasteiger partial charge is 0.298 e. The molecule has 78 valence electrons. The Morgan fingerprint density at radius 1 is 1.47 bits per heavy atom. The highest BCUT2D eigenvalue weighted by atomic mass is 16.2. The predicted molar refractivity (Wildman–Crippen MR) is 61.2 cm³/mol. The fourth-order valence-electron chi connectivity index (χ4n) is 1.39. The molecule has 0 fully saturated rings. The number of carbonyl (C=O) groups excluding carboxylic acids is 1. The first kappa shape index (κ1) is 11.3. The van der Waals surface area contributed by atoms with Crippen molar-refractivity contribution >= 4 is 5.91 Å². The molecule has 0 aliphatic heterocycles. The molecule has 1 amide bonds. The van der Waals surface area contributed by atoms with Crippen LogP contribution in [0, 0.1) is 12.3 Å². The van der Waals surface area contributed by atoms with E-state index in [9.17, 15) is 4.79 Å². The summed E-state index contributed by atoms with van der Waals surface area (Å²) in [6.07, 6.45) is 5.89. The third-order valence-corrected chi connectivity index (χ3v) is 2.48. The zero-order valence-corrected chi connectivity index (χ0v) is 9.10. The molecule has 0 aliphatic rings. The van der Waals surface area contributed by atoms with Crippen LogP contribution in [0.25, 0.3) is 0 Å². The van der Waals surface area contributed by atoms with E-state index in [1.54, 1.807) is 11.9 Å². The number of carbonyl (C=O) groups is 1. The van der Waals surface area contributed by atoms with E-state index in [0.29, 0.717) is 0 Å². The van der Waals surface area contributed by atoms with Crippen LogP contribution in [0.15, 0.2) is 30.3 Å². The summed E-state index contributed by atoms with van der Waals surface area (Å²) in [5, 5.41) is 0. The van der Waals surface area contributed by atoms with Crippen LogP contribution >= 0.6 is 0 Å². The quantitative estimate of drug-likeness (QED) is 0.682. The monoisotopic (exact) mass is 201 g/mol. The fourth-order valence-corrected chi connectivity index (χ4v) is 1.39. The van der Waals surface area contributed by atoms with Gasteiger partial charge in [0.25, 0.3) is 5.91 Å². The van der Waals surface area contributed by atoms with Crippen molar-refractivity contribution in [2.24, 2.45) is 0 Å². The van der Waals surface area contributed by atoms with Gasteiger partial charge in [-0.05, 0) is 24.8 Å². The maximum Gasteiger partial charge on any atom is 0.298 e. The molecule has 0 heterocycles. The summed E-state index contributed by atoms with van der Waals surface area (Å²) in [6, 6.07) is 10.2. The van der Waals surface area contributed by atoms with Crippen molar-refractivity contribution in [3.8, 4) is 12.3 Å². The Morgan fingerprint density at radius 3 is 2.60 bits per heavy atom. The molecular formula is C13H15NO. The second kappa shape index (κ2) is 5.21. The van der Waals surface area contributed by atoms with Crippen molar-refractivity contribution in [3.63, 3.8) is 0 Å². The van der Waals surface area contributed by atoms with Gasteiger partial charge >= 0.3 is 0 Å². The number of hydrogen-bond donors (Lipinski definition) is 0. The average Bonchev–Trinajstić information content (AvgIpc) is 2.28. The molecule has 0 spiro atoms. The van der Waals surface area contributed by atoms with Crippen molar-refractivity contribution < 1.29 is 4.79 Å². The summed E-state index contributed by atoms with van der Waals surface area (Å²) in [5.41, 5.74) is 1.21. The van der Waals surface area contributed by atoms with Crippen LogP contribution in [-0.2, 0) is 11.2 Å². The molecule has 0 aromatic heterocycles. The normalized spacial score (nSPS) is 11.5. The number of amides is 1. The maximum atomic E-state index is 11.2. The summed E-state index contributed by atoms with van der Waals surface area (Å²) in [4.78, 5) is 12.8. The minimum atomic E-state index is -0.265. The van der Waals surface area contributed by atoms with Gasteiger partial charge in [-0.15, -0.1) is 6.42 Å². The van der Waals surface area contributed by atoms with Crippen LogP contribution in [-0.4, -0.2) is 23.9 Å². The molecule has 0 saturated heterocycles. The van der Waals surface area contributed by atoms with Gasteiger partial charge in [-0.1, -0.05) is 30.3 Å². The van der Waals surface area contributed by atoms with Gasteiger partial charge in [-0.2, -0.15) is 0 Å². The van der Waals surface area contributed by atoms with Crippen LogP contribution in [0.2, 0.25) is 0 Å². The molecule has 1 aromatic carbocycles. The minimum absolute atomic E-state index is 0.121. The number of nitrogens with zero attached hydrogens (tertiary/aromatic N) is 1. The number of hydrogen-bond acceptors (Lipinski definition) is 1. The number of likely N-dealkylation sites (N-methyl/N-ethyl adjacent to an activating group) is 1. The summed E-state index contributed by atoms with van der Waals surface area (Å²) < 4.78 is 0. The molecule has 0 aliphatic carbocycles. The van der Waals surface area contributed by atoms with E-state index in [2.05, 4.69) is 5.92 Å². The van der Waals surface area contributed by atoms with E-state index in [1.165, 1.54) is 5.56 Å². The molecule has 2 heteroatoms. The summed E-state index contributed by atoms with van der Waals surface area (Å²) >= 11 is 0. The van der Waals surface area contributed by atoms with Crippen molar-refractivity contribution in [1.82, 2.24) is 4.90 Å². The number of terminal acetylenes is 1. The van der Waals surface area contributed by atoms with Gasteiger partial charge in [0.1, 0.15) is 0 Å². The Hall–Kier alpha value is -1.75. The van der Waals surface area contributed by atoms with E-state index in [4.69, 9.17) is 6.42 Å². The van der Waals surface area contributed by atoms with Crippen LogP contribution in [0.4, 0.5) is 0 Å². The predicted octanol–water partition coefficient (Wildman–Crippen LogP) is 1.71. The summed E-state index contributed by atoms with van der Waals surface area (Å²) in [7, 11) is 1.73. The Balaban J connectivity index is 2.61. The first-order valence-electron chi connectivity index (χ1n) is 4.92. The van der Waals surface area contributed by atoms with Gasteiger partial charge in [0.15, 0.2) is 0 Å². The van der Waals surface area contributed by atoms with Crippen LogP contribution in [0.1, 0.15) is 12.5 Å². The molecule has 1 rings (SSSR count). The highest BCUT2D eigenvalue weighted by Crippen LogP contribution is 2.07. The van der Waals surface area contributed by atoms with E-state index < -0.39 is 0 Å². The van der Waals surface area contributed by atoms with Crippen molar-refractivity contribution in [2.45, 2.75) is 19.4 Å². The Labute approximate surface area is 90.9 Å². The minimum Gasteiger partial charge on any atom is -0.332 e. The molecule has 0 saturated carbocycles. The fraction of sp³-hybridized carbons (Fsp3) is 0.308. The second-order valence-electron chi connectivity index (χ2n) is 3.60. The standard InChI is InChI=1S/C13H15NO/c1-4-13(15)14(3)11(2)10-12-8-6-5-7-9-12/h1,5-9,11H,10H2,2-3H3. The molecule has 2 nitrogen and oxygen atoms in total. The Kier molecular flexibility index (Phi) is 3.93. The van der Waals surface area contributed by atoms with E-state index in [0.717, 1.165) is 6.42 Å². The SMILES string of the molecule is C#CC(=O)N(C)C(C)Cc1ccccc1. The topological polar surface area (TPSA) is 20.3 Å². The maximum absolute atomic E-state index is 11.2. The molecule has 0 radical (unpaired) electrons. The van der Waals surface area contributed by atoms with E-state index in [-0.39, 0.29) is 11.9 Å². The molecule has 1 aromatic rings. The van der Waals surface area contributed by atoms with Crippen LogP contribution in [0.3, 0.4) is 0 Å². The van der Waals surface area contributed by atoms with E-state index >= 15 is 0 Å².